The van der Waals surface area contributed by atoms with Crippen LogP contribution in [0.4, 0.5) is 5.69 Å². The molecule has 1 N–H and O–H groups in total. The predicted octanol–water partition coefficient (Wildman–Crippen LogP) is 3.86. The third-order valence-corrected chi connectivity index (χ3v) is 5.83. The Morgan fingerprint density at radius 1 is 1.17 bits per heavy atom. The summed E-state index contributed by atoms with van der Waals surface area (Å²) in [5, 5.41) is 7.59. The van der Waals surface area contributed by atoms with E-state index in [1.54, 1.807) is 11.6 Å². The van der Waals surface area contributed by atoms with Gasteiger partial charge in [-0.15, -0.1) is 0 Å². The number of aromatic nitrogens is 4. The smallest absolute Gasteiger partial charge is 0.251 e. The number of hydrogen-bond acceptors (Lipinski definition) is 5. The van der Waals surface area contributed by atoms with Gasteiger partial charge >= 0.3 is 0 Å². The minimum atomic E-state index is 0.00911. The molecule has 1 saturated carbocycles. The third kappa shape index (κ3) is 4.00. The molecule has 0 radical (unpaired) electrons. The fourth-order valence-electron chi connectivity index (χ4n) is 3.91. The predicted molar refractivity (Wildman–Crippen MR) is 112 cm³/mol. The molecule has 0 saturated heterocycles. The van der Waals surface area contributed by atoms with Gasteiger partial charge in [0.1, 0.15) is 0 Å². The van der Waals surface area contributed by atoms with Crippen molar-refractivity contribution in [3.8, 4) is 11.3 Å². The van der Waals surface area contributed by atoms with E-state index >= 15 is 0 Å². The molecule has 0 bridgehead atoms. The molecular weight excluding hydrogens is 366 g/mol. The van der Waals surface area contributed by atoms with Crippen LogP contribution in [0.15, 0.2) is 24.4 Å². The molecule has 2 aromatic heterocycles. The van der Waals surface area contributed by atoms with Crippen molar-refractivity contribution >= 4 is 17.4 Å². The molecule has 4 rings (SSSR count). The zero-order valence-corrected chi connectivity index (χ0v) is 17.4. The zero-order valence-electron chi connectivity index (χ0n) is 17.4. The first-order valence-corrected chi connectivity index (χ1v) is 10.1. The number of imidazole rings is 1. The van der Waals surface area contributed by atoms with Crippen molar-refractivity contribution in [2.75, 3.05) is 12.4 Å². The lowest BCUT2D eigenvalue weighted by Gasteiger charge is -2.27. The van der Waals surface area contributed by atoms with Gasteiger partial charge in [-0.1, -0.05) is 12.5 Å². The number of hydrogen-bond donors (Lipinski definition) is 1. The Morgan fingerprint density at radius 2 is 2.00 bits per heavy atom. The van der Waals surface area contributed by atoms with Crippen molar-refractivity contribution < 1.29 is 9.53 Å². The van der Waals surface area contributed by atoms with Crippen LogP contribution in [0.5, 0.6) is 0 Å². The highest BCUT2D eigenvalue weighted by Crippen LogP contribution is 2.29. The third-order valence-electron chi connectivity index (χ3n) is 5.83. The van der Waals surface area contributed by atoms with Gasteiger partial charge in [0, 0.05) is 24.3 Å². The maximum absolute atomic E-state index is 12.7. The van der Waals surface area contributed by atoms with Gasteiger partial charge in [0.2, 0.25) is 5.91 Å². The van der Waals surface area contributed by atoms with Crippen LogP contribution < -0.4 is 5.32 Å². The number of nitrogens with one attached hydrogen (secondary N) is 1. The molecule has 1 aromatic carbocycles. The first-order chi connectivity index (χ1) is 13.9. The molecular formula is C22H27N5O2. The van der Waals surface area contributed by atoms with Crippen LogP contribution in [0.1, 0.15) is 42.6 Å². The Hall–Kier alpha value is -2.80. The highest BCUT2D eigenvalue weighted by molar-refractivity contribution is 5.93. The Balaban J connectivity index is 1.53. The molecule has 1 aliphatic carbocycles. The van der Waals surface area contributed by atoms with E-state index < -0.39 is 0 Å². The van der Waals surface area contributed by atoms with Crippen molar-refractivity contribution in [2.45, 2.75) is 52.6 Å². The van der Waals surface area contributed by atoms with E-state index in [0.29, 0.717) is 5.78 Å². The normalized spacial score (nSPS) is 19.4. The summed E-state index contributed by atoms with van der Waals surface area (Å²) in [6, 6.07) is 5.96. The van der Waals surface area contributed by atoms with Gasteiger partial charge in [-0.3, -0.25) is 4.79 Å². The van der Waals surface area contributed by atoms with Gasteiger partial charge in [-0.25, -0.2) is 14.5 Å². The molecule has 2 atom stereocenters. The van der Waals surface area contributed by atoms with Crippen molar-refractivity contribution in [1.82, 2.24) is 19.6 Å². The molecule has 7 heteroatoms. The number of amides is 1. The standard InChI is InChI=1S/C22H27N5O2/c1-13-10-16(20-12-27-22(25-20)23-14(2)15(3)26-27)8-9-19(13)24-21(28)17-6-5-7-18(11-17)29-4/h8-10,12,17-18H,5-7,11H2,1-4H3,(H,24,28)/t17-,18-/m1/s1. The van der Waals surface area contributed by atoms with Crippen LogP contribution in [0.3, 0.4) is 0 Å². The number of carbonyl (C=O) groups excluding carboxylic acids is 1. The molecule has 0 aliphatic heterocycles. The average molecular weight is 393 g/mol. The van der Waals surface area contributed by atoms with Crippen LogP contribution in [-0.4, -0.2) is 38.7 Å². The number of methoxy groups -OCH3 is 1. The maximum Gasteiger partial charge on any atom is 0.251 e. The van der Waals surface area contributed by atoms with Gasteiger partial charge in [0.25, 0.3) is 5.78 Å². The molecule has 7 nitrogen and oxygen atoms in total. The highest BCUT2D eigenvalue weighted by atomic mass is 16.5. The van der Waals surface area contributed by atoms with Crippen LogP contribution in [-0.2, 0) is 9.53 Å². The van der Waals surface area contributed by atoms with Gasteiger partial charge in [0.05, 0.1) is 29.4 Å². The lowest BCUT2D eigenvalue weighted by molar-refractivity contribution is -0.122. The maximum atomic E-state index is 12.7. The number of aryl methyl sites for hydroxylation is 3. The molecule has 1 aliphatic rings. The van der Waals surface area contributed by atoms with Crippen molar-refractivity contribution in [1.29, 1.82) is 0 Å². The molecule has 1 fully saturated rings. The Morgan fingerprint density at radius 3 is 2.76 bits per heavy atom. The molecule has 0 unspecified atom stereocenters. The van der Waals surface area contributed by atoms with Crippen LogP contribution >= 0.6 is 0 Å². The Kier molecular flexibility index (Phi) is 5.32. The summed E-state index contributed by atoms with van der Waals surface area (Å²) in [5.41, 5.74) is 5.38. The number of fused-ring (bicyclic) bond motifs is 1. The van der Waals surface area contributed by atoms with Gasteiger partial charge < -0.3 is 10.1 Å². The summed E-state index contributed by atoms with van der Waals surface area (Å²) >= 11 is 0. The molecule has 2 heterocycles. The van der Waals surface area contributed by atoms with E-state index in [9.17, 15) is 4.79 Å². The SMILES string of the molecule is CO[C@@H]1CCC[C@@H](C(=O)Nc2ccc(-c3cn4nc(C)c(C)nc4n3)cc2C)C1. The molecule has 1 amide bonds. The quantitative estimate of drug-likeness (QED) is 0.728. The van der Waals surface area contributed by atoms with Gasteiger partial charge in [-0.2, -0.15) is 5.10 Å². The van der Waals surface area contributed by atoms with E-state index in [1.807, 2.05) is 45.2 Å². The van der Waals surface area contributed by atoms with Crippen molar-refractivity contribution in [3.05, 3.63) is 41.3 Å². The monoisotopic (exact) mass is 393 g/mol. The van der Waals surface area contributed by atoms with E-state index in [4.69, 9.17) is 4.74 Å². The topological polar surface area (TPSA) is 81.4 Å². The van der Waals surface area contributed by atoms with Gasteiger partial charge in [0.15, 0.2) is 0 Å². The van der Waals surface area contributed by atoms with Crippen LogP contribution in [0.2, 0.25) is 0 Å². The molecule has 0 spiro atoms. The van der Waals surface area contributed by atoms with Crippen LogP contribution in [0, 0.1) is 26.7 Å². The second-order valence-corrected chi connectivity index (χ2v) is 7.89. The second-order valence-electron chi connectivity index (χ2n) is 7.89. The first kappa shape index (κ1) is 19.5. The van der Waals surface area contributed by atoms with Crippen LogP contribution in [0.25, 0.3) is 17.0 Å². The first-order valence-electron chi connectivity index (χ1n) is 10.1. The fraction of sp³-hybridized carbons (Fsp3) is 0.455. The lowest BCUT2D eigenvalue weighted by atomic mass is 9.86. The zero-order chi connectivity index (χ0) is 20.5. The lowest BCUT2D eigenvalue weighted by Crippen LogP contribution is -2.31. The van der Waals surface area contributed by atoms with Crippen molar-refractivity contribution in [3.63, 3.8) is 0 Å². The van der Waals surface area contributed by atoms with E-state index in [0.717, 1.165) is 59.6 Å². The summed E-state index contributed by atoms with van der Waals surface area (Å²) in [7, 11) is 1.72. The minimum Gasteiger partial charge on any atom is -0.381 e. The highest BCUT2D eigenvalue weighted by Gasteiger charge is 2.27. The number of rotatable bonds is 4. The summed E-state index contributed by atoms with van der Waals surface area (Å²) in [6.45, 7) is 5.86. The summed E-state index contributed by atoms with van der Waals surface area (Å²) in [5.74, 6) is 0.674. The summed E-state index contributed by atoms with van der Waals surface area (Å²) < 4.78 is 7.16. The number of nitrogens with zero attached hydrogens (tertiary/aromatic N) is 4. The fourth-order valence-corrected chi connectivity index (χ4v) is 3.91. The Bertz CT molecular complexity index is 1020. The van der Waals surface area contributed by atoms with Gasteiger partial charge in [-0.05, 0) is 57.7 Å². The molecule has 152 valence electrons. The van der Waals surface area contributed by atoms with E-state index in [2.05, 4.69) is 20.4 Å². The summed E-state index contributed by atoms with van der Waals surface area (Å²) in [4.78, 5) is 21.8. The molecule has 29 heavy (non-hydrogen) atoms. The number of anilines is 1. The number of carbonyl (C=O) groups is 1. The van der Waals surface area contributed by atoms with Crippen molar-refractivity contribution in [2.24, 2.45) is 5.92 Å². The van der Waals surface area contributed by atoms with E-state index in [1.165, 1.54) is 0 Å². The molecule has 3 aromatic rings. The second kappa shape index (κ2) is 7.91. The number of benzene rings is 1. The minimum absolute atomic E-state index is 0.00911. The van der Waals surface area contributed by atoms with E-state index in [-0.39, 0.29) is 17.9 Å². The summed E-state index contributed by atoms with van der Waals surface area (Å²) in [6.07, 6.45) is 5.85. The average Bonchev–Trinajstić information content (AvgIpc) is 3.12. The number of ether oxygens (including phenoxy) is 1. The largest absolute Gasteiger partial charge is 0.381 e. The Labute approximate surface area is 170 Å².